The zero-order valence-corrected chi connectivity index (χ0v) is 23.4. The number of anilines is 2. The molecule has 1 fully saturated rings. The van der Waals surface area contributed by atoms with Crippen molar-refractivity contribution in [1.29, 1.82) is 0 Å². The maximum absolute atomic E-state index is 12.7. The van der Waals surface area contributed by atoms with E-state index in [4.69, 9.17) is 9.72 Å². The third-order valence-electron chi connectivity index (χ3n) is 6.79. The third-order valence-corrected chi connectivity index (χ3v) is 6.79. The molecule has 5 rings (SSSR count). The zero-order chi connectivity index (χ0) is 24.9. The number of hydrogen-bond donors (Lipinski definition) is 1. The molecular formula is C30H34Cl2N4O2. The summed E-state index contributed by atoms with van der Waals surface area (Å²) < 4.78 is 5.23. The summed E-state index contributed by atoms with van der Waals surface area (Å²) in [6.07, 6.45) is 0.945. The number of aryl methyl sites for hydroxylation is 1. The van der Waals surface area contributed by atoms with Gasteiger partial charge in [0.1, 0.15) is 5.75 Å². The molecule has 1 amide bonds. The number of rotatable bonds is 7. The fourth-order valence-corrected chi connectivity index (χ4v) is 4.79. The van der Waals surface area contributed by atoms with Gasteiger partial charge in [0.25, 0.3) is 5.91 Å². The molecule has 0 spiro atoms. The number of nitrogens with zero attached hydrogens (tertiary/aromatic N) is 3. The summed E-state index contributed by atoms with van der Waals surface area (Å²) in [7, 11) is 1.60. The molecule has 200 valence electrons. The molecule has 3 aromatic carbocycles. The number of benzene rings is 3. The third kappa shape index (κ3) is 6.95. The van der Waals surface area contributed by atoms with E-state index < -0.39 is 0 Å². The minimum absolute atomic E-state index is 0. The lowest BCUT2D eigenvalue weighted by atomic mass is 10.1. The van der Waals surface area contributed by atoms with Crippen molar-refractivity contribution in [3.05, 3.63) is 95.7 Å². The Balaban J connectivity index is 0.00000200. The van der Waals surface area contributed by atoms with Gasteiger partial charge < -0.3 is 15.0 Å². The van der Waals surface area contributed by atoms with Gasteiger partial charge in [-0.05, 0) is 73.5 Å². The highest BCUT2D eigenvalue weighted by Crippen LogP contribution is 2.27. The van der Waals surface area contributed by atoms with Gasteiger partial charge in [0.05, 0.1) is 12.6 Å². The summed E-state index contributed by atoms with van der Waals surface area (Å²) in [6.45, 7) is 7.10. The predicted octanol–water partition coefficient (Wildman–Crippen LogP) is 6.01. The molecule has 1 aliphatic heterocycles. The van der Waals surface area contributed by atoms with Gasteiger partial charge in [-0.3, -0.25) is 14.7 Å². The summed E-state index contributed by atoms with van der Waals surface area (Å²) >= 11 is 0. The zero-order valence-electron chi connectivity index (χ0n) is 21.7. The highest BCUT2D eigenvalue weighted by Gasteiger charge is 2.19. The summed E-state index contributed by atoms with van der Waals surface area (Å²) in [5, 5.41) is 4.24. The Labute approximate surface area is 236 Å². The number of fused-ring (bicyclic) bond motifs is 1. The first kappa shape index (κ1) is 29.2. The second-order valence-corrected chi connectivity index (χ2v) is 9.26. The first-order valence-corrected chi connectivity index (χ1v) is 12.5. The van der Waals surface area contributed by atoms with Gasteiger partial charge >= 0.3 is 0 Å². The van der Waals surface area contributed by atoms with Gasteiger partial charge in [0, 0.05) is 60.7 Å². The van der Waals surface area contributed by atoms with E-state index in [1.54, 1.807) is 19.2 Å². The molecular weight excluding hydrogens is 519 g/mol. The normalized spacial score (nSPS) is 13.4. The topological polar surface area (TPSA) is 57.7 Å². The average Bonchev–Trinajstić information content (AvgIpc) is 2.92. The first-order valence-electron chi connectivity index (χ1n) is 12.5. The minimum atomic E-state index is -0.138. The van der Waals surface area contributed by atoms with Crippen molar-refractivity contribution in [3.63, 3.8) is 0 Å². The molecule has 0 atom stereocenters. The van der Waals surface area contributed by atoms with E-state index in [2.05, 4.69) is 57.6 Å². The van der Waals surface area contributed by atoms with Gasteiger partial charge in [-0.15, -0.1) is 24.8 Å². The number of nitrogens with one attached hydrogen (secondary N) is 1. The van der Waals surface area contributed by atoms with E-state index >= 15 is 0 Å². The number of halogens is 2. The molecule has 0 unspecified atom stereocenters. The van der Waals surface area contributed by atoms with Crippen molar-refractivity contribution in [3.8, 4) is 5.75 Å². The van der Waals surface area contributed by atoms with Crippen LogP contribution in [-0.4, -0.2) is 55.6 Å². The monoisotopic (exact) mass is 552 g/mol. The number of ether oxygens (including phenoxy) is 1. The highest BCUT2D eigenvalue weighted by molar-refractivity contribution is 6.04. The van der Waals surface area contributed by atoms with Crippen molar-refractivity contribution in [2.24, 2.45) is 0 Å². The van der Waals surface area contributed by atoms with E-state index in [-0.39, 0.29) is 30.7 Å². The van der Waals surface area contributed by atoms with Crippen molar-refractivity contribution in [1.82, 2.24) is 9.88 Å². The smallest absolute Gasteiger partial charge is 0.255 e. The molecule has 1 N–H and O–H groups in total. The second kappa shape index (κ2) is 13.5. The Hall–Kier alpha value is -3.32. The Morgan fingerprint density at radius 3 is 2.47 bits per heavy atom. The van der Waals surface area contributed by atoms with Crippen LogP contribution in [0, 0.1) is 6.92 Å². The molecule has 1 aliphatic rings. The number of carbonyl (C=O) groups excluding carboxylic acids is 1. The van der Waals surface area contributed by atoms with Crippen molar-refractivity contribution >= 4 is 53.0 Å². The molecule has 2 heterocycles. The number of pyridine rings is 1. The van der Waals surface area contributed by atoms with Gasteiger partial charge in [0.15, 0.2) is 0 Å². The number of piperazine rings is 1. The van der Waals surface area contributed by atoms with Crippen LogP contribution in [0.4, 0.5) is 11.4 Å². The Kier molecular flexibility index (Phi) is 10.4. The summed E-state index contributed by atoms with van der Waals surface area (Å²) in [5.41, 5.74) is 6.00. The van der Waals surface area contributed by atoms with Crippen LogP contribution < -0.4 is 15.0 Å². The number of carbonyl (C=O) groups is 1. The lowest BCUT2D eigenvalue weighted by Gasteiger charge is -2.36. The van der Waals surface area contributed by atoms with Crippen LogP contribution in [0.3, 0.4) is 0 Å². The van der Waals surface area contributed by atoms with E-state index in [1.807, 2.05) is 31.2 Å². The van der Waals surface area contributed by atoms with Crippen LogP contribution in [-0.2, 0) is 6.42 Å². The maximum Gasteiger partial charge on any atom is 0.255 e. The standard InChI is InChI=1S/C30H32N4O2.2ClH/c1-22-12-13-27-28(31-22)10-5-11-29(27)34-18-16-33(17-19-34)15-14-23-6-3-8-25(20-23)32-30(35)24-7-4-9-26(21-24)36-2;;/h3-13,20-21H,14-19H2,1-2H3,(H,32,35);2*1H. The molecule has 8 heteroatoms. The van der Waals surface area contributed by atoms with Crippen LogP contribution in [0.2, 0.25) is 0 Å². The van der Waals surface area contributed by atoms with Crippen molar-refractivity contribution < 1.29 is 9.53 Å². The molecule has 0 aliphatic carbocycles. The van der Waals surface area contributed by atoms with Gasteiger partial charge in [-0.2, -0.15) is 0 Å². The molecule has 0 radical (unpaired) electrons. The highest BCUT2D eigenvalue weighted by atomic mass is 35.5. The number of hydrogen-bond acceptors (Lipinski definition) is 5. The van der Waals surface area contributed by atoms with Crippen LogP contribution >= 0.6 is 24.8 Å². The molecule has 38 heavy (non-hydrogen) atoms. The molecule has 1 saturated heterocycles. The second-order valence-electron chi connectivity index (χ2n) is 9.26. The van der Waals surface area contributed by atoms with Crippen molar-refractivity contribution in [2.45, 2.75) is 13.3 Å². The van der Waals surface area contributed by atoms with Crippen LogP contribution in [0.5, 0.6) is 5.75 Å². The Bertz CT molecular complexity index is 1370. The lowest BCUT2D eigenvalue weighted by Crippen LogP contribution is -2.47. The predicted molar refractivity (Wildman–Crippen MR) is 161 cm³/mol. The van der Waals surface area contributed by atoms with E-state index in [9.17, 15) is 4.79 Å². The van der Waals surface area contributed by atoms with E-state index in [0.717, 1.165) is 56.0 Å². The van der Waals surface area contributed by atoms with E-state index in [1.165, 1.54) is 16.6 Å². The average molecular weight is 554 g/mol. The Morgan fingerprint density at radius 1 is 0.921 bits per heavy atom. The van der Waals surface area contributed by atoms with Crippen LogP contribution in [0.25, 0.3) is 10.9 Å². The lowest BCUT2D eigenvalue weighted by molar-refractivity contribution is 0.102. The number of aromatic nitrogens is 1. The van der Waals surface area contributed by atoms with Crippen LogP contribution in [0.1, 0.15) is 21.6 Å². The molecule has 4 aromatic rings. The summed E-state index contributed by atoms with van der Waals surface area (Å²) in [6, 6.07) is 26.0. The molecule has 1 aromatic heterocycles. The fraction of sp³-hybridized carbons (Fsp3) is 0.267. The van der Waals surface area contributed by atoms with E-state index in [0.29, 0.717) is 11.3 Å². The summed E-state index contributed by atoms with van der Waals surface area (Å²) in [4.78, 5) is 22.3. The van der Waals surface area contributed by atoms with Gasteiger partial charge in [-0.1, -0.05) is 24.3 Å². The maximum atomic E-state index is 12.7. The molecule has 0 saturated carbocycles. The van der Waals surface area contributed by atoms with Gasteiger partial charge in [0.2, 0.25) is 0 Å². The SMILES string of the molecule is COc1cccc(C(=O)Nc2cccc(CCN3CCN(c4cccc5nc(C)ccc45)CC3)c2)c1.Cl.Cl. The quantitative estimate of drug-likeness (QED) is 0.304. The Morgan fingerprint density at radius 2 is 1.68 bits per heavy atom. The largest absolute Gasteiger partial charge is 0.497 e. The number of methoxy groups -OCH3 is 1. The number of amides is 1. The van der Waals surface area contributed by atoms with Crippen molar-refractivity contribution in [2.75, 3.05) is 50.1 Å². The first-order chi connectivity index (χ1) is 17.6. The minimum Gasteiger partial charge on any atom is -0.497 e. The van der Waals surface area contributed by atoms with Gasteiger partial charge in [-0.25, -0.2) is 0 Å². The fourth-order valence-electron chi connectivity index (χ4n) is 4.79. The molecule has 0 bridgehead atoms. The van der Waals surface area contributed by atoms with Crippen LogP contribution in [0.15, 0.2) is 78.9 Å². The molecule has 6 nitrogen and oxygen atoms in total. The summed E-state index contributed by atoms with van der Waals surface area (Å²) in [5.74, 6) is 0.532.